The molecular formula is C28H31FN6O3. The number of carboxylic acid groups (broad SMARTS) is 1. The minimum absolute atomic E-state index is 0.0697. The quantitative estimate of drug-likeness (QED) is 0.528. The molecule has 3 fully saturated rings. The summed E-state index contributed by atoms with van der Waals surface area (Å²) in [6.07, 6.45) is 4.87. The Kier molecular flexibility index (Phi) is 5.70. The number of hydrogen-bond donors (Lipinski definition) is 2. The van der Waals surface area contributed by atoms with E-state index >= 15 is 4.39 Å². The van der Waals surface area contributed by atoms with Crippen molar-refractivity contribution in [1.29, 1.82) is 0 Å². The zero-order valence-corrected chi connectivity index (χ0v) is 21.4. The van der Waals surface area contributed by atoms with E-state index in [4.69, 9.17) is 4.74 Å². The molecule has 0 spiro atoms. The van der Waals surface area contributed by atoms with Crippen molar-refractivity contribution in [2.75, 3.05) is 39.8 Å². The maximum Gasteiger partial charge on any atom is 0.407 e. The Morgan fingerprint density at radius 1 is 1.29 bits per heavy atom. The first-order valence-electron chi connectivity index (χ1n) is 13.5. The first-order chi connectivity index (χ1) is 18.5. The third kappa shape index (κ3) is 3.89. The van der Waals surface area contributed by atoms with Crippen LogP contribution in [0.3, 0.4) is 0 Å². The first-order valence-corrected chi connectivity index (χ1v) is 13.5. The monoisotopic (exact) mass is 518 g/mol. The van der Waals surface area contributed by atoms with Gasteiger partial charge in [0, 0.05) is 42.8 Å². The highest BCUT2D eigenvalue weighted by Crippen LogP contribution is 2.58. The number of piperazine rings is 1. The molecule has 3 aromatic rings. The fourth-order valence-corrected chi connectivity index (χ4v) is 6.65. The number of amides is 1. The molecule has 0 bridgehead atoms. The lowest BCUT2D eigenvalue weighted by atomic mass is 9.96. The first kappa shape index (κ1) is 23.7. The molecule has 4 heterocycles. The van der Waals surface area contributed by atoms with Crippen LogP contribution >= 0.6 is 0 Å². The fraction of sp³-hybridized carbons (Fsp3) is 0.500. The second-order valence-electron chi connectivity index (χ2n) is 11.0. The Morgan fingerprint density at radius 2 is 2.18 bits per heavy atom. The summed E-state index contributed by atoms with van der Waals surface area (Å²) in [5, 5.41) is 13.5. The minimum Gasteiger partial charge on any atom is -0.465 e. The molecule has 7 rings (SSSR count). The van der Waals surface area contributed by atoms with Crippen LogP contribution in [0, 0.1) is 11.7 Å². The molecule has 1 amide bonds. The molecule has 1 aromatic carbocycles. The summed E-state index contributed by atoms with van der Waals surface area (Å²) in [4.78, 5) is 29.4. The van der Waals surface area contributed by atoms with Crippen LogP contribution in [0.25, 0.3) is 22.2 Å². The highest BCUT2D eigenvalue weighted by Gasteiger charge is 2.46. The SMILES string of the molecule is CN1CCC[C@H]1COc1nc(C2CNCCN2C(=O)O)c2cnc(-c3cccc4c3C3CC3C4)c(F)c2n1. The van der Waals surface area contributed by atoms with Crippen molar-refractivity contribution < 1.29 is 19.0 Å². The molecular weight excluding hydrogens is 487 g/mol. The van der Waals surface area contributed by atoms with Crippen LogP contribution in [-0.4, -0.2) is 81.8 Å². The van der Waals surface area contributed by atoms with E-state index in [1.54, 1.807) is 6.20 Å². The van der Waals surface area contributed by atoms with Gasteiger partial charge in [-0.1, -0.05) is 18.2 Å². The second-order valence-corrected chi connectivity index (χ2v) is 11.0. The normalized spacial score (nSPS) is 26.4. The summed E-state index contributed by atoms with van der Waals surface area (Å²) in [5.74, 6) is 0.633. The van der Waals surface area contributed by atoms with E-state index in [2.05, 4.69) is 38.3 Å². The van der Waals surface area contributed by atoms with Crippen molar-refractivity contribution in [2.24, 2.45) is 5.92 Å². The molecule has 9 nitrogen and oxygen atoms in total. The molecule has 4 atom stereocenters. The largest absolute Gasteiger partial charge is 0.465 e. The molecule has 38 heavy (non-hydrogen) atoms. The number of nitrogens with one attached hydrogen (secondary N) is 1. The van der Waals surface area contributed by atoms with Gasteiger partial charge in [-0.05, 0) is 62.2 Å². The van der Waals surface area contributed by atoms with Gasteiger partial charge in [0.25, 0.3) is 0 Å². The summed E-state index contributed by atoms with van der Waals surface area (Å²) in [6.45, 7) is 2.61. The molecule has 1 saturated carbocycles. The summed E-state index contributed by atoms with van der Waals surface area (Å²) in [6, 6.07) is 5.75. The molecule has 4 aliphatic rings. The number of nitrogens with zero attached hydrogens (tertiary/aromatic N) is 5. The van der Waals surface area contributed by atoms with E-state index in [-0.39, 0.29) is 23.3 Å². The number of ether oxygens (including phenoxy) is 1. The molecule has 0 radical (unpaired) electrons. The van der Waals surface area contributed by atoms with Gasteiger partial charge in [0.05, 0.1) is 11.7 Å². The molecule has 2 aliphatic carbocycles. The lowest BCUT2D eigenvalue weighted by Crippen LogP contribution is -2.48. The average Bonchev–Trinajstić information content (AvgIpc) is 3.40. The zero-order chi connectivity index (χ0) is 26.0. The number of fused-ring (bicyclic) bond motifs is 4. The van der Waals surface area contributed by atoms with E-state index in [1.807, 2.05) is 12.1 Å². The Morgan fingerprint density at radius 3 is 3.00 bits per heavy atom. The van der Waals surface area contributed by atoms with Crippen LogP contribution in [0.5, 0.6) is 6.01 Å². The topological polar surface area (TPSA) is 104 Å². The Bertz CT molecular complexity index is 1430. The number of aromatic nitrogens is 3. The van der Waals surface area contributed by atoms with Gasteiger partial charge in [-0.15, -0.1) is 0 Å². The Hall–Kier alpha value is -3.37. The summed E-state index contributed by atoms with van der Waals surface area (Å²) < 4.78 is 22.4. The number of hydrogen-bond acceptors (Lipinski definition) is 7. The van der Waals surface area contributed by atoms with Crippen LogP contribution < -0.4 is 10.1 Å². The van der Waals surface area contributed by atoms with Crippen molar-refractivity contribution in [3.05, 3.63) is 47.0 Å². The molecule has 2 aromatic heterocycles. The highest BCUT2D eigenvalue weighted by atomic mass is 19.1. The summed E-state index contributed by atoms with van der Waals surface area (Å²) >= 11 is 0. The third-order valence-corrected chi connectivity index (χ3v) is 8.80. The van der Waals surface area contributed by atoms with Crippen molar-refractivity contribution in [1.82, 2.24) is 30.1 Å². The fourth-order valence-electron chi connectivity index (χ4n) is 6.65. The van der Waals surface area contributed by atoms with Gasteiger partial charge in [0.2, 0.25) is 0 Å². The van der Waals surface area contributed by atoms with E-state index in [0.717, 1.165) is 37.8 Å². The highest BCUT2D eigenvalue weighted by molar-refractivity contribution is 5.86. The van der Waals surface area contributed by atoms with Crippen molar-refractivity contribution in [2.45, 2.75) is 43.7 Å². The minimum atomic E-state index is -1.04. The van der Waals surface area contributed by atoms with Crippen LogP contribution in [0.1, 0.15) is 48.0 Å². The van der Waals surface area contributed by atoms with Gasteiger partial charge in [-0.2, -0.15) is 9.97 Å². The molecule has 3 unspecified atom stereocenters. The van der Waals surface area contributed by atoms with E-state index in [9.17, 15) is 9.90 Å². The van der Waals surface area contributed by atoms with Crippen LogP contribution in [0.15, 0.2) is 24.4 Å². The van der Waals surface area contributed by atoms with Gasteiger partial charge >= 0.3 is 12.1 Å². The van der Waals surface area contributed by atoms with Gasteiger partial charge in [-0.3, -0.25) is 9.88 Å². The number of likely N-dealkylation sites (tertiary alicyclic amines) is 1. The lowest BCUT2D eigenvalue weighted by molar-refractivity contribution is 0.111. The average molecular weight is 519 g/mol. The number of benzene rings is 1. The van der Waals surface area contributed by atoms with Gasteiger partial charge in [0.1, 0.15) is 17.8 Å². The summed E-state index contributed by atoms with van der Waals surface area (Å²) in [5.41, 5.74) is 4.14. The molecule has 2 aliphatic heterocycles. The predicted molar refractivity (Wildman–Crippen MR) is 139 cm³/mol. The maximum absolute atomic E-state index is 16.4. The van der Waals surface area contributed by atoms with E-state index in [1.165, 1.54) is 16.0 Å². The van der Waals surface area contributed by atoms with Gasteiger partial charge in [-0.25, -0.2) is 9.18 Å². The Balaban J connectivity index is 1.35. The Labute approximate surface area is 220 Å². The predicted octanol–water partition coefficient (Wildman–Crippen LogP) is 3.59. The second kappa shape index (κ2) is 9.13. The standard InChI is InChI=1S/C28H31FN6O3/c1-34-8-3-5-17(34)14-38-27-32-24(21-13-30-7-9-35(21)28(36)37)20-12-31-25(23(29)26(20)33-27)18-6-2-4-15-10-16-11-19(16)22(15)18/h2,4,6,12,16-17,19,21,30H,3,5,7-11,13-14H2,1H3,(H,36,37)/t16?,17-,19?,21?/m0/s1. The van der Waals surface area contributed by atoms with Crippen molar-refractivity contribution in [3.63, 3.8) is 0 Å². The molecule has 2 N–H and O–H groups in total. The van der Waals surface area contributed by atoms with Crippen molar-refractivity contribution in [3.8, 4) is 17.3 Å². The van der Waals surface area contributed by atoms with Gasteiger partial charge in [0.15, 0.2) is 5.82 Å². The van der Waals surface area contributed by atoms with Crippen LogP contribution in [-0.2, 0) is 6.42 Å². The maximum atomic E-state index is 16.4. The number of likely N-dealkylation sites (N-methyl/N-ethyl adjacent to an activating group) is 1. The zero-order valence-electron chi connectivity index (χ0n) is 21.4. The van der Waals surface area contributed by atoms with E-state index in [0.29, 0.717) is 49.2 Å². The van der Waals surface area contributed by atoms with Crippen LogP contribution in [0.4, 0.5) is 9.18 Å². The smallest absolute Gasteiger partial charge is 0.407 e. The van der Waals surface area contributed by atoms with E-state index < -0.39 is 18.0 Å². The van der Waals surface area contributed by atoms with Gasteiger partial charge < -0.3 is 20.1 Å². The molecule has 198 valence electrons. The van der Waals surface area contributed by atoms with Crippen molar-refractivity contribution >= 4 is 17.0 Å². The summed E-state index contributed by atoms with van der Waals surface area (Å²) in [7, 11) is 2.06. The third-order valence-electron chi connectivity index (χ3n) is 8.80. The number of halogens is 1. The molecule has 2 saturated heterocycles. The number of pyridine rings is 1. The molecule has 10 heteroatoms. The lowest BCUT2D eigenvalue weighted by Gasteiger charge is -2.34. The number of rotatable bonds is 5. The van der Waals surface area contributed by atoms with Crippen LogP contribution in [0.2, 0.25) is 0 Å². The number of carbonyl (C=O) groups is 1.